The fourth-order valence-electron chi connectivity index (χ4n) is 2.83. The van der Waals surface area contributed by atoms with Crippen LogP contribution in [-0.4, -0.2) is 55.1 Å². The van der Waals surface area contributed by atoms with Gasteiger partial charge in [0, 0.05) is 31.7 Å². The van der Waals surface area contributed by atoms with Crippen LogP contribution in [0, 0.1) is 0 Å². The van der Waals surface area contributed by atoms with Gasteiger partial charge in [-0.3, -0.25) is 4.90 Å². The first-order chi connectivity index (χ1) is 9.20. The maximum Gasteiger partial charge on any atom is 0.0345 e. The Kier molecular flexibility index (Phi) is 5.37. The van der Waals surface area contributed by atoms with E-state index in [9.17, 15) is 0 Å². The second kappa shape index (κ2) is 7.04. The molecule has 0 amide bonds. The zero-order valence-electron chi connectivity index (χ0n) is 12.3. The molecular formula is C16H27N3. The third kappa shape index (κ3) is 4.03. The van der Waals surface area contributed by atoms with Gasteiger partial charge in [-0.15, -0.1) is 0 Å². The lowest BCUT2D eigenvalue weighted by Crippen LogP contribution is -2.46. The van der Waals surface area contributed by atoms with Gasteiger partial charge in [-0.05, 0) is 38.9 Å². The lowest BCUT2D eigenvalue weighted by molar-refractivity contribution is 0.181. The Morgan fingerprint density at radius 3 is 2.68 bits per heavy atom. The molecule has 0 aromatic heterocycles. The Hall–Kier alpha value is -0.900. The summed E-state index contributed by atoms with van der Waals surface area (Å²) in [6.07, 6.45) is 2.37. The smallest absolute Gasteiger partial charge is 0.0345 e. The van der Waals surface area contributed by atoms with Crippen LogP contribution in [0.4, 0.5) is 0 Å². The lowest BCUT2D eigenvalue weighted by Gasteiger charge is -2.30. The number of benzene rings is 1. The van der Waals surface area contributed by atoms with E-state index < -0.39 is 0 Å². The molecule has 1 heterocycles. The molecule has 2 unspecified atom stereocenters. The Bertz CT molecular complexity index is 366. The monoisotopic (exact) mass is 261 g/mol. The van der Waals surface area contributed by atoms with Crippen LogP contribution in [0.15, 0.2) is 30.3 Å². The summed E-state index contributed by atoms with van der Waals surface area (Å²) in [6, 6.07) is 11.9. The molecule has 1 aromatic rings. The van der Waals surface area contributed by atoms with E-state index in [1.165, 1.54) is 18.5 Å². The molecule has 2 rings (SSSR count). The highest BCUT2D eigenvalue weighted by Crippen LogP contribution is 2.14. The summed E-state index contributed by atoms with van der Waals surface area (Å²) in [5.74, 6) is 0. The summed E-state index contributed by atoms with van der Waals surface area (Å²) >= 11 is 0. The molecule has 3 heteroatoms. The topological polar surface area (TPSA) is 32.5 Å². The molecule has 19 heavy (non-hydrogen) atoms. The molecule has 2 N–H and O–H groups in total. The Morgan fingerprint density at radius 1 is 1.26 bits per heavy atom. The van der Waals surface area contributed by atoms with Gasteiger partial charge in [0.25, 0.3) is 0 Å². The van der Waals surface area contributed by atoms with Crippen LogP contribution in [-0.2, 0) is 6.42 Å². The van der Waals surface area contributed by atoms with Gasteiger partial charge in [-0.2, -0.15) is 0 Å². The van der Waals surface area contributed by atoms with E-state index in [0.717, 1.165) is 26.1 Å². The van der Waals surface area contributed by atoms with Gasteiger partial charge in [0.15, 0.2) is 0 Å². The van der Waals surface area contributed by atoms with E-state index in [1.54, 1.807) is 0 Å². The first-order valence-corrected chi connectivity index (χ1v) is 7.39. The third-order valence-corrected chi connectivity index (χ3v) is 4.43. The zero-order chi connectivity index (χ0) is 13.7. The van der Waals surface area contributed by atoms with E-state index >= 15 is 0 Å². The van der Waals surface area contributed by atoms with Crippen molar-refractivity contribution in [3.8, 4) is 0 Å². The normalized spacial score (nSPS) is 26.3. The second-order valence-electron chi connectivity index (χ2n) is 5.73. The highest BCUT2D eigenvalue weighted by Gasteiger charge is 2.25. The Morgan fingerprint density at radius 2 is 2.00 bits per heavy atom. The minimum Gasteiger partial charge on any atom is -0.329 e. The van der Waals surface area contributed by atoms with Crippen LogP contribution in [0.5, 0.6) is 0 Å². The maximum atomic E-state index is 5.93. The number of nitrogens with zero attached hydrogens (tertiary/aromatic N) is 2. The van der Waals surface area contributed by atoms with Gasteiger partial charge in [0.1, 0.15) is 0 Å². The first-order valence-electron chi connectivity index (χ1n) is 7.39. The van der Waals surface area contributed by atoms with Gasteiger partial charge in [-0.25, -0.2) is 0 Å². The van der Waals surface area contributed by atoms with Crippen molar-refractivity contribution in [3.63, 3.8) is 0 Å². The molecule has 0 aliphatic carbocycles. The third-order valence-electron chi connectivity index (χ3n) is 4.43. The summed E-state index contributed by atoms with van der Waals surface area (Å²) in [5, 5.41) is 0. The molecule has 0 bridgehead atoms. The second-order valence-corrected chi connectivity index (χ2v) is 5.73. The lowest BCUT2D eigenvalue weighted by atomic mass is 10.1. The summed E-state index contributed by atoms with van der Waals surface area (Å²) in [4.78, 5) is 5.02. The van der Waals surface area contributed by atoms with E-state index in [-0.39, 0.29) is 0 Å². The van der Waals surface area contributed by atoms with Crippen molar-refractivity contribution < 1.29 is 0 Å². The van der Waals surface area contributed by atoms with Gasteiger partial charge < -0.3 is 10.6 Å². The van der Waals surface area contributed by atoms with Crippen LogP contribution in [0.1, 0.15) is 18.9 Å². The molecule has 0 radical (unpaired) electrons. The molecule has 1 aliphatic rings. The van der Waals surface area contributed by atoms with Crippen LogP contribution < -0.4 is 5.73 Å². The highest BCUT2D eigenvalue weighted by atomic mass is 15.2. The van der Waals surface area contributed by atoms with Crippen LogP contribution in [0.3, 0.4) is 0 Å². The number of rotatable bonds is 4. The molecule has 0 saturated carbocycles. The van der Waals surface area contributed by atoms with Gasteiger partial charge in [0.05, 0.1) is 0 Å². The van der Waals surface area contributed by atoms with E-state index in [0.29, 0.717) is 12.1 Å². The van der Waals surface area contributed by atoms with Crippen LogP contribution >= 0.6 is 0 Å². The quantitative estimate of drug-likeness (QED) is 0.893. The molecular weight excluding hydrogens is 234 g/mol. The minimum atomic E-state index is 0.494. The Labute approximate surface area is 117 Å². The average Bonchev–Trinajstić information content (AvgIpc) is 2.59. The van der Waals surface area contributed by atoms with Crippen molar-refractivity contribution in [3.05, 3.63) is 35.9 Å². The number of likely N-dealkylation sites (N-methyl/N-ethyl adjacent to an activating group) is 1. The fraction of sp³-hybridized carbons (Fsp3) is 0.625. The van der Waals surface area contributed by atoms with Gasteiger partial charge >= 0.3 is 0 Å². The fourth-order valence-corrected chi connectivity index (χ4v) is 2.83. The zero-order valence-corrected chi connectivity index (χ0v) is 12.3. The number of hydrogen-bond donors (Lipinski definition) is 1. The molecule has 1 fully saturated rings. The van der Waals surface area contributed by atoms with Crippen molar-refractivity contribution in [1.29, 1.82) is 0 Å². The van der Waals surface area contributed by atoms with Gasteiger partial charge in [0.2, 0.25) is 0 Å². The molecule has 2 atom stereocenters. The van der Waals surface area contributed by atoms with Crippen molar-refractivity contribution in [2.24, 2.45) is 5.73 Å². The first kappa shape index (κ1) is 14.5. The summed E-state index contributed by atoms with van der Waals surface area (Å²) in [7, 11) is 2.21. The maximum absolute atomic E-state index is 5.93. The number of hydrogen-bond acceptors (Lipinski definition) is 3. The van der Waals surface area contributed by atoms with Crippen molar-refractivity contribution in [2.75, 3.05) is 33.2 Å². The predicted molar refractivity (Wildman–Crippen MR) is 81.3 cm³/mol. The molecule has 1 saturated heterocycles. The largest absolute Gasteiger partial charge is 0.329 e. The predicted octanol–water partition coefficient (Wildman–Crippen LogP) is 1.58. The molecule has 1 aliphatic heterocycles. The Balaban J connectivity index is 1.89. The molecule has 0 spiro atoms. The van der Waals surface area contributed by atoms with Crippen molar-refractivity contribution in [1.82, 2.24) is 9.80 Å². The summed E-state index contributed by atoms with van der Waals surface area (Å²) < 4.78 is 0. The number of nitrogens with two attached hydrogens (primary N) is 1. The SMILES string of the molecule is CC1CCN(CCc2ccccc2)CC(CN)N1C. The summed E-state index contributed by atoms with van der Waals surface area (Å²) in [5.41, 5.74) is 7.35. The van der Waals surface area contributed by atoms with Crippen LogP contribution in [0.25, 0.3) is 0 Å². The molecule has 1 aromatic carbocycles. The van der Waals surface area contributed by atoms with Crippen molar-refractivity contribution in [2.45, 2.75) is 31.8 Å². The summed E-state index contributed by atoms with van der Waals surface area (Å²) in [6.45, 7) is 6.49. The van der Waals surface area contributed by atoms with Crippen LogP contribution in [0.2, 0.25) is 0 Å². The minimum absolute atomic E-state index is 0.494. The highest BCUT2D eigenvalue weighted by molar-refractivity contribution is 5.14. The standard InChI is InChI=1S/C16H27N3/c1-14-8-10-19(13-16(12-17)18(14)2)11-9-15-6-4-3-5-7-15/h3-7,14,16H,8-13,17H2,1-2H3. The average molecular weight is 261 g/mol. The van der Waals surface area contributed by atoms with E-state index in [2.05, 4.69) is 54.1 Å². The van der Waals surface area contributed by atoms with E-state index in [4.69, 9.17) is 5.73 Å². The molecule has 3 nitrogen and oxygen atoms in total. The van der Waals surface area contributed by atoms with E-state index in [1.807, 2.05) is 0 Å². The van der Waals surface area contributed by atoms with Gasteiger partial charge in [-0.1, -0.05) is 30.3 Å². The molecule has 106 valence electrons. The van der Waals surface area contributed by atoms with Crippen molar-refractivity contribution >= 4 is 0 Å².